The van der Waals surface area contributed by atoms with Gasteiger partial charge in [0.2, 0.25) is 0 Å². The van der Waals surface area contributed by atoms with Crippen LogP contribution in [-0.2, 0) is 9.13 Å². The molecule has 0 rings (SSSR count). The van der Waals surface area contributed by atoms with Gasteiger partial charge in [-0.3, -0.25) is 4.89 Å². The van der Waals surface area contributed by atoms with Gasteiger partial charge in [0, 0.05) is 18.9 Å². The van der Waals surface area contributed by atoms with Crippen LogP contribution < -0.4 is 0 Å². The molecule has 3 nitrogen and oxygen atoms in total. The van der Waals surface area contributed by atoms with Crippen LogP contribution in [0.5, 0.6) is 0 Å². The molecule has 0 aromatic carbocycles. The van der Waals surface area contributed by atoms with Crippen LogP contribution in [0.25, 0.3) is 0 Å². The van der Waals surface area contributed by atoms with Crippen molar-refractivity contribution in [3.05, 3.63) is 0 Å². The molecule has 0 bridgehead atoms. The van der Waals surface area contributed by atoms with E-state index in [1.807, 2.05) is 0 Å². The van der Waals surface area contributed by atoms with Gasteiger partial charge in [0.1, 0.15) is 0 Å². The van der Waals surface area contributed by atoms with E-state index >= 15 is 0 Å². The van der Waals surface area contributed by atoms with Crippen molar-refractivity contribution in [1.29, 1.82) is 0 Å². The van der Waals surface area contributed by atoms with Gasteiger partial charge in [0.25, 0.3) is 0 Å². The van der Waals surface area contributed by atoms with Crippen LogP contribution in [0, 0.1) is 0 Å². The second-order valence-corrected chi connectivity index (χ2v) is 0.714. The molecule has 0 unspecified atom stereocenters. The third kappa shape index (κ3) is 129. The monoisotopic (exact) mass is 87.0 g/mol. The maximum atomic E-state index is 8.59. The normalized spacial score (nSPS) is 5.00. The molecule has 5 heavy (non-hydrogen) atoms. The summed E-state index contributed by atoms with van der Waals surface area (Å²) in [6.45, 7) is 0. The van der Waals surface area contributed by atoms with Gasteiger partial charge in [-0.1, -0.05) is 0 Å². The predicted molar refractivity (Wildman–Crippen MR) is 16.3 cm³/mol. The van der Waals surface area contributed by atoms with Crippen molar-refractivity contribution >= 4 is 26.8 Å². The summed E-state index contributed by atoms with van der Waals surface area (Å²) in [5.41, 5.74) is 0. The zero-order chi connectivity index (χ0) is 3.58. The van der Waals surface area contributed by atoms with E-state index < -0.39 is 7.91 Å². The Morgan fingerprint density at radius 2 is 1.40 bits per heavy atom. The first-order chi connectivity index (χ1) is 1.73. The van der Waals surface area contributed by atoms with Crippen molar-refractivity contribution in [2.45, 2.75) is 0 Å². The van der Waals surface area contributed by atoms with Gasteiger partial charge in [-0.15, -0.1) is 0 Å². The largest absolute Gasteiger partial charge is 0.465 e. The summed E-state index contributed by atoms with van der Waals surface area (Å²) in [5.74, 6) is 0. The van der Waals surface area contributed by atoms with Crippen LogP contribution >= 0.6 is 7.91 Å². The zero-order valence-corrected chi connectivity index (χ0v) is 3.61. The van der Waals surface area contributed by atoms with Crippen LogP contribution in [0.1, 0.15) is 0 Å². The Bertz CT molecular complexity index is 55.3. The van der Waals surface area contributed by atoms with Gasteiger partial charge in [-0.05, 0) is 0 Å². The fraction of sp³-hybridized carbons (Fsp3) is 0. The van der Waals surface area contributed by atoms with E-state index in [1.165, 1.54) is 0 Å². The Morgan fingerprint density at radius 3 is 1.40 bits per heavy atom. The SMILES string of the molecule is O=P(=O)O.[Li]. The van der Waals surface area contributed by atoms with Crippen molar-refractivity contribution in [3.63, 3.8) is 0 Å². The molecule has 0 aromatic rings. The van der Waals surface area contributed by atoms with E-state index in [9.17, 15) is 0 Å². The number of rotatable bonds is 0. The van der Waals surface area contributed by atoms with E-state index in [0.717, 1.165) is 0 Å². The first-order valence-corrected chi connectivity index (χ1v) is 1.70. The summed E-state index contributed by atoms with van der Waals surface area (Å²) in [4.78, 5) is 7.01. The van der Waals surface area contributed by atoms with Gasteiger partial charge in [-0.25, -0.2) is 9.13 Å². The average molecular weight is 86.9 g/mol. The summed E-state index contributed by atoms with van der Waals surface area (Å²) in [6, 6.07) is 0. The Morgan fingerprint density at radius 1 is 1.40 bits per heavy atom. The second kappa shape index (κ2) is 4.46. The Kier molecular flexibility index (Phi) is 8.09. The van der Waals surface area contributed by atoms with Crippen LogP contribution in [-0.4, -0.2) is 23.8 Å². The minimum absolute atomic E-state index is 0. The zero-order valence-electron chi connectivity index (χ0n) is 2.71. The van der Waals surface area contributed by atoms with Crippen molar-refractivity contribution in [1.82, 2.24) is 0 Å². The first-order valence-electron chi connectivity index (χ1n) is 0.565. The molecule has 0 spiro atoms. The number of hydrogen-bond acceptors (Lipinski definition) is 2. The molecule has 0 heterocycles. The Balaban J connectivity index is 0. The molecule has 0 fully saturated rings. The quantitative estimate of drug-likeness (QED) is 0.325. The fourth-order valence-corrected chi connectivity index (χ4v) is 0. The molecule has 0 saturated heterocycles. The molecule has 1 N–H and O–H groups in total. The van der Waals surface area contributed by atoms with E-state index in [0.29, 0.717) is 0 Å². The fourth-order valence-electron chi connectivity index (χ4n) is 0. The van der Waals surface area contributed by atoms with Crippen molar-refractivity contribution in [2.75, 3.05) is 0 Å². The van der Waals surface area contributed by atoms with Crippen LogP contribution in [0.2, 0.25) is 0 Å². The summed E-state index contributed by atoms with van der Waals surface area (Å²) in [5, 5.41) is 0. The second-order valence-electron chi connectivity index (χ2n) is 0.238. The van der Waals surface area contributed by atoms with Gasteiger partial charge in [-0.2, -0.15) is 0 Å². The van der Waals surface area contributed by atoms with E-state index in [2.05, 4.69) is 0 Å². The smallest absolute Gasteiger partial charge is 0.287 e. The maximum Gasteiger partial charge on any atom is 0.465 e. The molecule has 0 aliphatic carbocycles. The summed E-state index contributed by atoms with van der Waals surface area (Å²) in [6.07, 6.45) is 0. The van der Waals surface area contributed by atoms with E-state index in [1.54, 1.807) is 0 Å². The third-order valence-electron chi connectivity index (χ3n) is 0. The van der Waals surface area contributed by atoms with Gasteiger partial charge in [0.05, 0.1) is 0 Å². The molecular weight excluding hydrogens is 85.9 g/mol. The standard InChI is InChI=1S/Li.HO3P/c;1-4(2)3/h;(H,1,2,3). The Hall–Kier alpha value is 0.457. The molecular formula is HLiO3P. The molecule has 0 atom stereocenters. The predicted octanol–water partition coefficient (Wildman–Crippen LogP) is -0.314. The van der Waals surface area contributed by atoms with Crippen LogP contribution in [0.4, 0.5) is 0 Å². The molecule has 0 aliphatic heterocycles. The van der Waals surface area contributed by atoms with Crippen molar-refractivity contribution < 1.29 is 14.0 Å². The molecule has 0 aromatic heterocycles. The van der Waals surface area contributed by atoms with Crippen LogP contribution in [0.3, 0.4) is 0 Å². The minimum Gasteiger partial charge on any atom is -0.287 e. The summed E-state index contributed by atoms with van der Waals surface area (Å²) >= 11 is 0. The van der Waals surface area contributed by atoms with Crippen molar-refractivity contribution in [2.24, 2.45) is 0 Å². The van der Waals surface area contributed by atoms with Crippen LogP contribution in [0.15, 0.2) is 0 Å². The third-order valence-corrected chi connectivity index (χ3v) is 0. The molecule has 0 saturated carbocycles. The summed E-state index contributed by atoms with van der Waals surface area (Å²) in [7, 11) is -3.12. The van der Waals surface area contributed by atoms with Gasteiger partial charge >= 0.3 is 7.91 Å². The van der Waals surface area contributed by atoms with E-state index in [4.69, 9.17) is 14.0 Å². The van der Waals surface area contributed by atoms with Gasteiger partial charge in [0.15, 0.2) is 0 Å². The molecule has 25 valence electrons. The average Bonchev–Trinajstić information content (AvgIpc) is 0.811. The minimum atomic E-state index is -3.12. The Labute approximate surface area is 41.5 Å². The van der Waals surface area contributed by atoms with Gasteiger partial charge < -0.3 is 0 Å². The molecule has 0 aliphatic rings. The topological polar surface area (TPSA) is 54.4 Å². The molecule has 1 radical (unpaired) electrons. The number of hydrogen-bond donors (Lipinski definition) is 1. The molecule has 0 amide bonds. The van der Waals surface area contributed by atoms with Crippen molar-refractivity contribution in [3.8, 4) is 0 Å². The summed E-state index contributed by atoms with van der Waals surface area (Å²) < 4.78 is 17.2. The van der Waals surface area contributed by atoms with E-state index in [-0.39, 0.29) is 18.9 Å². The molecule has 5 heteroatoms. The first kappa shape index (κ1) is 9.07. The maximum absolute atomic E-state index is 8.59.